The largest absolute Gasteiger partial charge is 0.508 e. The van der Waals surface area contributed by atoms with Crippen LogP contribution in [0.25, 0.3) is 0 Å². The number of nitrogens with one attached hydrogen (secondary N) is 1. The Labute approximate surface area is 107 Å². The third-order valence-electron chi connectivity index (χ3n) is 4.06. The van der Waals surface area contributed by atoms with Crippen LogP contribution >= 0.6 is 0 Å². The Morgan fingerprint density at radius 2 is 1.94 bits per heavy atom. The third-order valence-corrected chi connectivity index (χ3v) is 4.06. The van der Waals surface area contributed by atoms with Gasteiger partial charge in [-0.1, -0.05) is 6.07 Å². The van der Waals surface area contributed by atoms with Crippen molar-refractivity contribution in [3.05, 3.63) is 29.8 Å². The van der Waals surface area contributed by atoms with Crippen LogP contribution in [0.15, 0.2) is 24.3 Å². The summed E-state index contributed by atoms with van der Waals surface area (Å²) in [5.41, 5.74) is 0.542. The molecule has 0 aliphatic heterocycles. The van der Waals surface area contributed by atoms with Gasteiger partial charge in [0, 0.05) is 12.1 Å². The number of benzene rings is 1. The molecule has 2 aliphatic rings. The molecule has 1 amide bonds. The summed E-state index contributed by atoms with van der Waals surface area (Å²) in [7, 11) is 0. The lowest BCUT2D eigenvalue weighted by molar-refractivity contribution is 0.0943. The summed E-state index contributed by atoms with van der Waals surface area (Å²) in [5, 5.41) is 12.4. The molecule has 2 fully saturated rings. The zero-order chi connectivity index (χ0) is 12.5. The molecule has 3 heteroatoms. The van der Waals surface area contributed by atoms with Gasteiger partial charge in [0.15, 0.2) is 0 Å². The van der Waals surface area contributed by atoms with Gasteiger partial charge in [-0.05, 0) is 61.6 Å². The highest BCUT2D eigenvalue weighted by Crippen LogP contribution is 2.48. The lowest BCUT2D eigenvalue weighted by Crippen LogP contribution is -2.31. The molecule has 18 heavy (non-hydrogen) atoms. The molecule has 0 atom stereocenters. The molecular formula is C15H19NO2. The molecule has 0 heterocycles. The van der Waals surface area contributed by atoms with Gasteiger partial charge in [-0.25, -0.2) is 0 Å². The topological polar surface area (TPSA) is 49.3 Å². The van der Waals surface area contributed by atoms with Crippen LogP contribution in [-0.2, 0) is 0 Å². The van der Waals surface area contributed by atoms with Gasteiger partial charge in [-0.15, -0.1) is 0 Å². The van der Waals surface area contributed by atoms with E-state index in [0.29, 0.717) is 11.5 Å². The molecular weight excluding hydrogens is 226 g/mol. The maximum atomic E-state index is 12.0. The highest BCUT2D eigenvalue weighted by atomic mass is 16.3. The highest BCUT2D eigenvalue weighted by Gasteiger charge is 2.41. The van der Waals surface area contributed by atoms with Gasteiger partial charge in [-0.2, -0.15) is 0 Å². The van der Waals surface area contributed by atoms with Gasteiger partial charge in [0.25, 0.3) is 5.91 Å². The van der Waals surface area contributed by atoms with E-state index in [2.05, 4.69) is 5.32 Å². The number of rotatable bonds is 5. The number of aromatic hydroxyl groups is 1. The smallest absolute Gasteiger partial charge is 0.251 e. The molecule has 2 aliphatic carbocycles. The number of carbonyl (C=O) groups excluding carboxylic acids is 1. The molecule has 1 aromatic rings. The fraction of sp³-hybridized carbons (Fsp3) is 0.533. The molecule has 3 rings (SSSR count). The van der Waals surface area contributed by atoms with Crippen LogP contribution in [0.2, 0.25) is 0 Å². The van der Waals surface area contributed by atoms with Gasteiger partial charge < -0.3 is 10.4 Å². The molecule has 0 radical (unpaired) electrons. The lowest BCUT2D eigenvalue weighted by Gasteiger charge is -2.16. The molecule has 1 aromatic carbocycles. The van der Waals surface area contributed by atoms with Gasteiger partial charge >= 0.3 is 0 Å². The zero-order valence-electron chi connectivity index (χ0n) is 10.4. The van der Waals surface area contributed by atoms with E-state index in [1.165, 1.54) is 31.7 Å². The minimum absolute atomic E-state index is 0.0720. The Bertz CT molecular complexity index is 438. The van der Waals surface area contributed by atoms with E-state index in [1.807, 2.05) is 0 Å². The number of carbonyl (C=O) groups is 1. The molecule has 0 aromatic heterocycles. The average Bonchev–Trinajstić information content (AvgIpc) is 3.23. The highest BCUT2D eigenvalue weighted by molar-refractivity contribution is 5.94. The first-order chi connectivity index (χ1) is 8.74. The first-order valence-electron chi connectivity index (χ1n) is 6.81. The van der Waals surface area contributed by atoms with Crippen molar-refractivity contribution >= 4 is 5.91 Å². The predicted molar refractivity (Wildman–Crippen MR) is 69.4 cm³/mol. The normalized spacial score (nSPS) is 18.9. The van der Waals surface area contributed by atoms with Crippen LogP contribution in [0.4, 0.5) is 0 Å². The molecule has 0 saturated heterocycles. The fourth-order valence-corrected chi connectivity index (χ4v) is 2.73. The summed E-state index contributed by atoms with van der Waals surface area (Å²) in [5.74, 6) is 2.45. The SMILES string of the molecule is O=C(NCC(C1CC1)C1CC1)c1cccc(O)c1. The predicted octanol–water partition coefficient (Wildman–Crippen LogP) is 2.56. The summed E-state index contributed by atoms with van der Waals surface area (Å²) in [4.78, 5) is 12.0. The van der Waals surface area contributed by atoms with Gasteiger partial charge in [-0.3, -0.25) is 4.79 Å². The van der Waals surface area contributed by atoms with Crippen molar-refractivity contribution in [2.75, 3.05) is 6.54 Å². The quantitative estimate of drug-likeness (QED) is 0.837. The summed E-state index contributed by atoms with van der Waals surface area (Å²) >= 11 is 0. The Hall–Kier alpha value is -1.51. The summed E-state index contributed by atoms with van der Waals surface area (Å²) < 4.78 is 0. The molecule has 3 nitrogen and oxygen atoms in total. The number of hydrogen-bond donors (Lipinski definition) is 2. The molecule has 0 bridgehead atoms. The van der Waals surface area contributed by atoms with Crippen molar-refractivity contribution in [2.45, 2.75) is 25.7 Å². The van der Waals surface area contributed by atoms with Crippen molar-refractivity contribution in [2.24, 2.45) is 17.8 Å². The zero-order valence-corrected chi connectivity index (χ0v) is 10.4. The van der Waals surface area contributed by atoms with Crippen LogP contribution in [0.1, 0.15) is 36.0 Å². The van der Waals surface area contributed by atoms with Crippen LogP contribution in [0.5, 0.6) is 5.75 Å². The Morgan fingerprint density at radius 3 is 2.50 bits per heavy atom. The van der Waals surface area contributed by atoms with E-state index in [9.17, 15) is 9.90 Å². The average molecular weight is 245 g/mol. The fourth-order valence-electron chi connectivity index (χ4n) is 2.73. The van der Waals surface area contributed by atoms with Crippen LogP contribution in [0, 0.1) is 17.8 Å². The Morgan fingerprint density at radius 1 is 1.28 bits per heavy atom. The standard InChI is InChI=1S/C15H19NO2/c17-13-3-1-2-12(8-13)15(18)16-9-14(10-4-5-10)11-6-7-11/h1-3,8,10-11,14,17H,4-7,9H2,(H,16,18). The lowest BCUT2D eigenvalue weighted by atomic mass is 9.98. The number of amides is 1. The van der Waals surface area contributed by atoms with Crippen molar-refractivity contribution in [3.8, 4) is 5.75 Å². The minimum Gasteiger partial charge on any atom is -0.508 e. The van der Waals surface area contributed by atoms with Crippen molar-refractivity contribution < 1.29 is 9.90 Å². The summed E-state index contributed by atoms with van der Waals surface area (Å²) in [6, 6.07) is 6.52. The van der Waals surface area contributed by atoms with Crippen LogP contribution in [0.3, 0.4) is 0 Å². The maximum Gasteiger partial charge on any atom is 0.251 e. The second kappa shape index (κ2) is 4.63. The van der Waals surface area contributed by atoms with Crippen LogP contribution < -0.4 is 5.32 Å². The molecule has 0 unspecified atom stereocenters. The third kappa shape index (κ3) is 2.66. The maximum absolute atomic E-state index is 12.0. The number of phenolic OH excluding ortho intramolecular Hbond substituents is 1. The van der Waals surface area contributed by atoms with E-state index in [-0.39, 0.29) is 11.7 Å². The summed E-state index contributed by atoms with van der Waals surface area (Å²) in [6.07, 6.45) is 5.35. The van der Waals surface area contributed by atoms with E-state index in [0.717, 1.165) is 18.4 Å². The van der Waals surface area contributed by atoms with E-state index >= 15 is 0 Å². The van der Waals surface area contributed by atoms with Crippen molar-refractivity contribution in [1.29, 1.82) is 0 Å². The molecule has 2 saturated carbocycles. The summed E-state index contributed by atoms with van der Waals surface area (Å²) in [6.45, 7) is 0.795. The van der Waals surface area contributed by atoms with Gasteiger partial charge in [0.05, 0.1) is 0 Å². The second-order valence-electron chi connectivity index (χ2n) is 5.60. The van der Waals surface area contributed by atoms with E-state index in [1.54, 1.807) is 18.2 Å². The number of phenols is 1. The molecule has 96 valence electrons. The van der Waals surface area contributed by atoms with Crippen molar-refractivity contribution in [3.63, 3.8) is 0 Å². The second-order valence-corrected chi connectivity index (χ2v) is 5.60. The van der Waals surface area contributed by atoms with Crippen molar-refractivity contribution in [1.82, 2.24) is 5.32 Å². The molecule has 0 spiro atoms. The minimum atomic E-state index is -0.0720. The van der Waals surface area contributed by atoms with Gasteiger partial charge in [0.2, 0.25) is 0 Å². The van der Waals surface area contributed by atoms with Gasteiger partial charge in [0.1, 0.15) is 5.75 Å². The first kappa shape index (κ1) is 11.6. The van der Waals surface area contributed by atoms with E-state index in [4.69, 9.17) is 0 Å². The molecule has 2 N–H and O–H groups in total. The Kier molecular flexibility index (Phi) is 2.98. The number of hydrogen-bond acceptors (Lipinski definition) is 2. The van der Waals surface area contributed by atoms with E-state index < -0.39 is 0 Å². The van der Waals surface area contributed by atoms with Crippen LogP contribution in [-0.4, -0.2) is 17.6 Å². The first-order valence-corrected chi connectivity index (χ1v) is 6.81. The Balaban J connectivity index is 1.57. The monoisotopic (exact) mass is 245 g/mol.